The molecule has 3 unspecified atom stereocenters. The Morgan fingerprint density at radius 2 is 2.45 bits per heavy atom. The Morgan fingerprint density at radius 1 is 1.64 bits per heavy atom. The molecular formula is C8H13NO2. The van der Waals surface area contributed by atoms with E-state index in [9.17, 15) is 4.79 Å². The Labute approximate surface area is 66.3 Å². The van der Waals surface area contributed by atoms with E-state index < -0.39 is 0 Å². The van der Waals surface area contributed by atoms with E-state index >= 15 is 0 Å². The van der Waals surface area contributed by atoms with Gasteiger partial charge in [0.25, 0.3) is 0 Å². The SMILES string of the molecule is CCOC(=O)C1CC2CN2C1. The van der Waals surface area contributed by atoms with Gasteiger partial charge in [-0.3, -0.25) is 9.69 Å². The standard InChI is InChI=1S/C8H13NO2/c1-2-11-8(10)6-3-7-5-9(7)4-6/h6-7H,2-5H2,1H3. The van der Waals surface area contributed by atoms with E-state index in [1.165, 1.54) is 6.54 Å². The summed E-state index contributed by atoms with van der Waals surface area (Å²) >= 11 is 0. The zero-order chi connectivity index (χ0) is 7.84. The summed E-state index contributed by atoms with van der Waals surface area (Å²) in [4.78, 5) is 13.5. The topological polar surface area (TPSA) is 29.3 Å². The highest BCUT2D eigenvalue weighted by molar-refractivity contribution is 5.73. The van der Waals surface area contributed by atoms with Gasteiger partial charge in [-0.2, -0.15) is 0 Å². The molecule has 0 aromatic rings. The van der Waals surface area contributed by atoms with E-state index in [-0.39, 0.29) is 11.9 Å². The van der Waals surface area contributed by atoms with Crippen LogP contribution in [0, 0.1) is 5.92 Å². The van der Waals surface area contributed by atoms with Gasteiger partial charge in [-0.15, -0.1) is 0 Å². The van der Waals surface area contributed by atoms with E-state index in [1.807, 2.05) is 6.92 Å². The fourth-order valence-electron chi connectivity index (χ4n) is 1.79. The fraction of sp³-hybridized carbons (Fsp3) is 0.875. The Balaban J connectivity index is 1.82. The molecule has 0 radical (unpaired) electrons. The number of carbonyl (C=O) groups excluding carboxylic acids is 1. The van der Waals surface area contributed by atoms with Gasteiger partial charge >= 0.3 is 5.97 Å². The molecule has 0 aromatic heterocycles. The van der Waals surface area contributed by atoms with Crippen molar-refractivity contribution in [1.82, 2.24) is 4.90 Å². The maximum atomic E-state index is 11.2. The Morgan fingerprint density at radius 3 is 3.00 bits per heavy atom. The Bertz CT molecular complexity index is 171. The summed E-state index contributed by atoms with van der Waals surface area (Å²) in [6, 6.07) is 0.712. The van der Waals surface area contributed by atoms with E-state index in [0.717, 1.165) is 13.0 Å². The molecule has 3 nitrogen and oxygen atoms in total. The highest BCUT2D eigenvalue weighted by atomic mass is 16.5. The van der Waals surface area contributed by atoms with Crippen molar-refractivity contribution in [3.8, 4) is 0 Å². The minimum Gasteiger partial charge on any atom is -0.466 e. The number of piperidine rings is 1. The molecule has 62 valence electrons. The van der Waals surface area contributed by atoms with Crippen LogP contribution < -0.4 is 0 Å². The molecule has 3 atom stereocenters. The molecule has 2 heterocycles. The van der Waals surface area contributed by atoms with Gasteiger partial charge in [0.2, 0.25) is 0 Å². The lowest BCUT2D eigenvalue weighted by Crippen LogP contribution is -2.21. The zero-order valence-electron chi connectivity index (χ0n) is 6.75. The van der Waals surface area contributed by atoms with Crippen molar-refractivity contribution in [3.63, 3.8) is 0 Å². The van der Waals surface area contributed by atoms with Crippen LogP contribution in [0.2, 0.25) is 0 Å². The van der Waals surface area contributed by atoms with E-state index in [0.29, 0.717) is 12.6 Å². The van der Waals surface area contributed by atoms with E-state index in [1.54, 1.807) is 0 Å². The van der Waals surface area contributed by atoms with Gasteiger partial charge < -0.3 is 4.74 Å². The molecule has 3 heteroatoms. The van der Waals surface area contributed by atoms with Crippen molar-refractivity contribution in [2.45, 2.75) is 19.4 Å². The third kappa shape index (κ3) is 1.25. The number of hydrogen-bond donors (Lipinski definition) is 0. The van der Waals surface area contributed by atoms with Crippen molar-refractivity contribution in [2.75, 3.05) is 19.7 Å². The van der Waals surface area contributed by atoms with Crippen LogP contribution in [0.4, 0.5) is 0 Å². The molecule has 0 aromatic carbocycles. The first-order chi connectivity index (χ1) is 5.31. The number of esters is 1. The van der Waals surface area contributed by atoms with E-state index in [2.05, 4.69) is 4.90 Å². The van der Waals surface area contributed by atoms with Crippen LogP contribution >= 0.6 is 0 Å². The molecule has 2 rings (SSSR count). The van der Waals surface area contributed by atoms with Crippen LogP contribution in [0.3, 0.4) is 0 Å². The second-order valence-electron chi connectivity index (χ2n) is 3.29. The number of nitrogens with zero attached hydrogens (tertiary/aromatic N) is 1. The summed E-state index contributed by atoms with van der Waals surface area (Å²) in [6.45, 7) is 4.51. The first kappa shape index (κ1) is 7.10. The monoisotopic (exact) mass is 155 g/mol. The average molecular weight is 155 g/mol. The zero-order valence-corrected chi connectivity index (χ0v) is 6.75. The highest BCUT2D eigenvalue weighted by Crippen LogP contribution is 2.34. The van der Waals surface area contributed by atoms with Crippen LogP contribution in [0.25, 0.3) is 0 Å². The summed E-state index contributed by atoms with van der Waals surface area (Å²) in [7, 11) is 0. The number of carbonyl (C=O) groups is 1. The predicted octanol–water partition coefficient (Wildman–Crippen LogP) is 0.254. The predicted molar refractivity (Wildman–Crippen MR) is 40.1 cm³/mol. The molecule has 0 N–H and O–H groups in total. The van der Waals surface area contributed by atoms with Crippen molar-refractivity contribution in [3.05, 3.63) is 0 Å². The van der Waals surface area contributed by atoms with Gasteiger partial charge in [-0.1, -0.05) is 0 Å². The number of hydrogen-bond acceptors (Lipinski definition) is 3. The molecule has 0 saturated carbocycles. The smallest absolute Gasteiger partial charge is 0.310 e. The molecular weight excluding hydrogens is 142 g/mol. The third-order valence-corrected chi connectivity index (χ3v) is 2.46. The summed E-state index contributed by atoms with van der Waals surface area (Å²) in [5.74, 6) is 0.174. The minimum absolute atomic E-state index is 0.000278. The molecule has 0 bridgehead atoms. The van der Waals surface area contributed by atoms with Crippen molar-refractivity contribution in [2.24, 2.45) is 5.92 Å². The average Bonchev–Trinajstić information content (AvgIpc) is 2.59. The Hall–Kier alpha value is -0.570. The summed E-state index contributed by atoms with van der Waals surface area (Å²) in [5, 5.41) is 0. The number of fused-ring (bicyclic) bond motifs is 1. The van der Waals surface area contributed by atoms with Gasteiger partial charge in [0, 0.05) is 19.1 Å². The third-order valence-electron chi connectivity index (χ3n) is 2.46. The molecule has 2 saturated heterocycles. The lowest BCUT2D eigenvalue weighted by molar-refractivity contribution is -0.147. The molecule has 0 amide bonds. The largest absolute Gasteiger partial charge is 0.466 e. The summed E-state index contributed by atoms with van der Waals surface area (Å²) in [5.41, 5.74) is 0. The van der Waals surface area contributed by atoms with Crippen molar-refractivity contribution in [1.29, 1.82) is 0 Å². The van der Waals surface area contributed by atoms with Crippen LogP contribution in [-0.2, 0) is 9.53 Å². The minimum atomic E-state index is -0.000278. The van der Waals surface area contributed by atoms with Crippen LogP contribution in [0.1, 0.15) is 13.3 Å². The molecule has 2 fully saturated rings. The quantitative estimate of drug-likeness (QED) is 0.423. The second kappa shape index (κ2) is 2.48. The van der Waals surface area contributed by atoms with Crippen molar-refractivity contribution < 1.29 is 9.53 Å². The van der Waals surface area contributed by atoms with Crippen LogP contribution in [-0.4, -0.2) is 36.6 Å². The first-order valence-corrected chi connectivity index (χ1v) is 4.22. The number of ether oxygens (including phenoxy) is 1. The molecule has 2 aliphatic heterocycles. The molecule has 0 aliphatic carbocycles. The summed E-state index contributed by atoms with van der Waals surface area (Å²) in [6.07, 6.45) is 1.03. The van der Waals surface area contributed by atoms with E-state index in [4.69, 9.17) is 4.74 Å². The van der Waals surface area contributed by atoms with Gasteiger partial charge in [0.05, 0.1) is 12.5 Å². The maximum absolute atomic E-state index is 11.2. The van der Waals surface area contributed by atoms with Gasteiger partial charge in [0.1, 0.15) is 0 Å². The van der Waals surface area contributed by atoms with Crippen molar-refractivity contribution >= 4 is 5.97 Å². The lowest BCUT2D eigenvalue weighted by Gasteiger charge is -2.08. The normalized spacial score (nSPS) is 39.9. The van der Waals surface area contributed by atoms with Crippen LogP contribution in [0.15, 0.2) is 0 Å². The first-order valence-electron chi connectivity index (χ1n) is 4.22. The fourth-order valence-corrected chi connectivity index (χ4v) is 1.79. The molecule has 0 spiro atoms. The van der Waals surface area contributed by atoms with Crippen LogP contribution in [0.5, 0.6) is 0 Å². The van der Waals surface area contributed by atoms with Gasteiger partial charge in [0.15, 0.2) is 0 Å². The lowest BCUT2D eigenvalue weighted by atomic mass is 10.1. The Kier molecular flexibility index (Phi) is 1.60. The number of rotatable bonds is 2. The highest BCUT2D eigenvalue weighted by Gasteiger charge is 2.46. The maximum Gasteiger partial charge on any atom is 0.310 e. The van der Waals surface area contributed by atoms with Gasteiger partial charge in [-0.05, 0) is 13.3 Å². The van der Waals surface area contributed by atoms with Gasteiger partial charge in [-0.25, -0.2) is 0 Å². The molecule has 2 aliphatic rings. The second-order valence-corrected chi connectivity index (χ2v) is 3.29. The molecule has 11 heavy (non-hydrogen) atoms. The summed E-state index contributed by atoms with van der Waals surface area (Å²) < 4.78 is 4.93.